The monoisotopic (exact) mass is 410 g/mol. The Bertz CT molecular complexity index is 1070. The normalized spacial score (nSPS) is 10.1. The van der Waals surface area contributed by atoms with E-state index in [0.29, 0.717) is 0 Å². The lowest BCUT2D eigenvalue weighted by molar-refractivity contribution is -0.642. The molecule has 4 aromatic rings. The first-order valence-electron chi connectivity index (χ1n) is 8.26. The topological polar surface area (TPSA) is 71.9 Å². The molecule has 0 spiro atoms. The van der Waals surface area contributed by atoms with E-state index in [1.165, 1.54) is 23.5 Å². The first kappa shape index (κ1) is 19.5. The van der Waals surface area contributed by atoms with Gasteiger partial charge in [0.2, 0.25) is 5.69 Å². The zero-order chi connectivity index (χ0) is 18.6. The summed E-state index contributed by atoms with van der Waals surface area (Å²) in [6.07, 6.45) is 0. The Labute approximate surface area is 171 Å². The van der Waals surface area contributed by atoms with E-state index in [9.17, 15) is 10.1 Å². The number of aromatic nitrogens is 2. The number of nitrogens with one attached hydrogen (secondary N) is 1. The Balaban J connectivity index is 0.00000225. The van der Waals surface area contributed by atoms with E-state index in [0.717, 1.165) is 27.1 Å². The van der Waals surface area contributed by atoms with Gasteiger partial charge in [-0.05, 0) is 40.3 Å². The van der Waals surface area contributed by atoms with Crippen LogP contribution in [0.3, 0.4) is 0 Å². The highest BCUT2D eigenvalue weighted by Crippen LogP contribution is 2.29. The maximum absolute atomic E-state index is 10.9. The lowest BCUT2D eigenvalue weighted by Gasteiger charge is -1.97. The number of nitrogens with zero attached hydrogens (tertiary/aromatic N) is 3. The maximum Gasteiger partial charge on any atom is 0.304 e. The van der Waals surface area contributed by atoms with Gasteiger partial charge in [0.15, 0.2) is 0 Å². The minimum absolute atomic E-state index is 0. The van der Waals surface area contributed by atoms with Gasteiger partial charge in [0.1, 0.15) is 0 Å². The van der Waals surface area contributed by atoms with E-state index in [-0.39, 0.29) is 18.1 Å². The van der Waals surface area contributed by atoms with Gasteiger partial charge in [-0.25, -0.2) is 0 Å². The molecule has 3 aromatic carbocycles. The van der Waals surface area contributed by atoms with Crippen LogP contribution in [0.25, 0.3) is 16.3 Å². The molecule has 0 aliphatic heterocycles. The zero-order valence-electron chi connectivity index (χ0n) is 14.5. The fourth-order valence-corrected chi connectivity index (χ4v) is 3.60. The van der Waals surface area contributed by atoms with Crippen molar-refractivity contribution in [1.29, 1.82) is 0 Å². The summed E-state index contributed by atoms with van der Waals surface area (Å²) in [5.74, 6) is 0. The van der Waals surface area contributed by atoms with Gasteiger partial charge in [-0.3, -0.25) is 10.1 Å². The fraction of sp³-hybridized carbons (Fsp3) is 0. The van der Waals surface area contributed by atoms with Gasteiger partial charge in [-0.15, -0.1) is 0 Å². The van der Waals surface area contributed by atoms with Crippen molar-refractivity contribution in [3.8, 4) is 16.3 Å². The van der Waals surface area contributed by atoms with E-state index in [1.54, 1.807) is 12.1 Å². The van der Waals surface area contributed by atoms with Crippen LogP contribution < -0.4 is 22.4 Å². The van der Waals surface area contributed by atoms with Crippen LogP contribution in [0.4, 0.5) is 16.5 Å². The van der Waals surface area contributed by atoms with E-state index >= 15 is 0 Å². The molecule has 1 heterocycles. The van der Waals surface area contributed by atoms with Crippen LogP contribution in [-0.4, -0.2) is 10.0 Å². The number of nitro groups is 1. The smallest absolute Gasteiger partial charge is 0.304 e. The van der Waals surface area contributed by atoms with Crippen LogP contribution in [-0.2, 0) is 0 Å². The van der Waals surface area contributed by atoms with Crippen LogP contribution in [0, 0.1) is 10.1 Å². The first-order chi connectivity index (χ1) is 13.2. The molecule has 1 N–H and O–H groups in total. The fourth-order valence-electron chi connectivity index (χ4n) is 2.64. The highest BCUT2D eigenvalue weighted by Gasteiger charge is 2.24. The number of nitro benzene ring substituents is 1. The molecular weight excluding hydrogens is 396 g/mol. The molecule has 0 atom stereocenters. The number of non-ortho nitro benzene ring substituents is 1. The van der Waals surface area contributed by atoms with Crippen molar-refractivity contribution >= 4 is 27.8 Å². The molecule has 0 bridgehead atoms. The standard InChI is InChI=1S/C20H15N4O2S.ClH/c25-24(26)18-13-11-15(12-14-18)19-23(17-9-5-2-6-10-17)22-20(27-19)21-16-7-3-1-4-8-16;/h1-14H,(H,21,22);1H/q+1;/p-1. The Morgan fingerprint density at radius 2 is 1.50 bits per heavy atom. The van der Waals surface area contributed by atoms with Gasteiger partial charge in [0.25, 0.3) is 10.8 Å². The summed E-state index contributed by atoms with van der Waals surface area (Å²) >= 11 is 1.49. The summed E-state index contributed by atoms with van der Waals surface area (Å²) < 4.78 is 1.84. The van der Waals surface area contributed by atoms with E-state index in [4.69, 9.17) is 5.10 Å². The number of hydrogen-bond acceptors (Lipinski definition) is 5. The molecule has 0 radical (unpaired) electrons. The number of halogens is 1. The quantitative estimate of drug-likeness (QED) is 0.309. The largest absolute Gasteiger partial charge is 1.00 e. The van der Waals surface area contributed by atoms with Crippen molar-refractivity contribution in [1.82, 2.24) is 5.10 Å². The summed E-state index contributed by atoms with van der Waals surface area (Å²) in [5, 5.41) is 20.6. The van der Waals surface area contributed by atoms with E-state index in [1.807, 2.05) is 65.3 Å². The van der Waals surface area contributed by atoms with Gasteiger partial charge >= 0.3 is 5.01 Å². The highest BCUT2D eigenvalue weighted by molar-refractivity contribution is 7.18. The van der Waals surface area contributed by atoms with Crippen molar-refractivity contribution in [2.45, 2.75) is 0 Å². The summed E-state index contributed by atoms with van der Waals surface area (Å²) in [5.41, 5.74) is 2.80. The molecular formula is C20H15ClN4O2S. The van der Waals surface area contributed by atoms with Crippen LogP contribution in [0.2, 0.25) is 0 Å². The molecule has 0 aliphatic rings. The predicted octanol–water partition coefficient (Wildman–Crippen LogP) is 1.74. The Morgan fingerprint density at radius 3 is 2.11 bits per heavy atom. The van der Waals surface area contributed by atoms with Gasteiger partial charge < -0.3 is 17.7 Å². The van der Waals surface area contributed by atoms with Crippen molar-refractivity contribution in [3.05, 3.63) is 95.0 Å². The summed E-state index contributed by atoms with van der Waals surface area (Å²) in [4.78, 5) is 10.5. The molecule has 4 rings (SSSR count). The van der Waals surface area contributed by atoms with Crippen LogP contribution >= 0.6 is 11.3 Å². The van der Waals surface area contributed by atoms with Crippen molar-refractivity contribution in [2.24, 2.45) is 0 Å². The number of anilines is 2. The zero-order valence-corrected chi connectivity index (χ0v) is 16.1. The third kappa shape index (κ3) is 4.16. The minimum atomic E-state index is -0.399. The molecule has 6 nitrogen and oxygen atoms in total. The molecule has 0 saturated heterocycles. The Kier molecular flexibility index (Phi) is 5.98. The highest BCUT2D eigenvalue weighted by atomic mass is 35.5. The van der Waals surface area contributed by atoms with Gasteiger partial charge in [0.05, 0.1) is 10.5 Å². The lowest BCUT2D eigenvalue weighted by atomic mass is 10.2. The summed E-state index contributed by atoms with van der Waals surface area (Å²) in [7, 11) is 0. The van der Waals surface area contributed by atoms with Crippen LogP contribution in [0.5, 0.6) is 0 Å². The SMILES string of the molecule is O=[N+]([O-])c1ccc(-c2sc(Nc3ccccc3)n[n+]2-c2ccccc2)cc1.[Cl-]. The van der Waals surface area contributed by atoms with Gasteiger partial charge in [-0.2, -0.15) is 0 Å². The van der Waals surface area contributed by atoms with Crippen molar-refractivity contribution in [3.63, 3.8) is 0 Å². The molecule has 0 amide bonds. The van der Waals surface area contributed by atoms with E-state index in [2.05, 4.69) is 5.32 Å². The first-order valence-corrected chi connectivity index (χ1v) is 9.08. The van der Waals surface area contributed by atoms with Crippen LogP contribution in [0.15, 0.2) is 84.9 Å². The summed E-state index contributed by atoms with van der Waals surface area (Å²) in [6, 6.07) is 26.1. The van der Waals surface area contributed by atoms with Crippen LogP contribution in [0.1, 0.15) is 0 Å². The molecule has 8 heteroatoms. The van der Waals surface area contributed by atoms with Gasteiger partial charge in [0, 0.05) is 35.1 Å². The third-order valence-electron chi connectivity index (χ3n) is 3.93. The number of benzene rings is 3. The van der Waals surface area contributed by atoms with E-state index < -0.39 is 4.92 Å². The molecule has 0 fully saturated rings. The second-order valence-corrected chi connectivity index (χ2v) is 6.73. The molecule has 140 valence electrons. The average molecular weight is 411 g/mol. The van der Waals surface area contributed by atoms with Crippen molar-refractivity contribution < 1.29 is 22.0 Å². The lowest BCUT2D eigenvalue weighted by Crippen LogP contribution is -3.00. The second-order valence-electron chi connectivity index (χ2n) is 5.75. The van der Waals surface area contributed by atoms with Gasteiger partial charge in [-0.1, -0.05) is 36.4 Å². The average Bonchev–Trinajstić information content (AvgIpc) is 3.13. The Morgan fingerprint density at radius 1 is 0.893 bits per heavy atom. The summed E-state index contributed by atoms with van der Waals surface area (Å²) in [6.45, 7) is 0. The predicted molar refractivity (Wildman–Crippen MR) is 105 cm³/mol. The number of rotatable bonds is 5. The van der Waals surface area contributed by atoms with Crippen molar-refractivity contribution in [2.75, 3.05) is 5.32 Å². The minimum Gasteiger partial charge on any atom is -1.00 e. The maximum atomic E-state index is 10.9. The number of hydrogen-bond donors (Lipinski definition) is 1. The molecule has 0 aliphatic carbocycles. The second kappa shape index (κ2) is 8.60. The Hall–Kier alpha value is -3.29. The molecule has 0 saturated carbocycles. The molecule has 0 unspecified atom stereocenters. The molecule has 28 heavy (non-hydrogen) atoms. The molecule has 1 aromatic heterocycles. The third-order valence-corrected chi connectivity index (χ3v) is 4.91. The number of para-hydroxylation sites is 2.